The Balaban J connectivity index is 0. The Morgan fingerprint density at radius 2 is 0.714 bits per heavy atom. The molecule has 0 atom stereocenters. The molecule has 0 aliphatic heterocycles. The third-order valence-corrected chi connectivity index (χ3v) is 2.85. The van der Waals surface area contributed by atoms with Crippen LogP contribution in [0.5, 0.6) is 0 Å². The summed E-state index contributed by atoms with van der Waals surface area (Å²) in [5.74, 6) is 0. The summed E-state index contributed by atoms with van der Waals surface area (Å²) in [4.78, 5) is 0. The molecule has 0 amide bonds. The smallest absolute Gasteiger partial charge is 0 e. The van der Waals surface area contributed by atoms with Crippen LogP contribution in [0, 0.1) is 27.7 Å². The van der Waals surface area contributed by atoms with Crippen LogP contribution in [0.3, 0.4) is 0 Å². The fourth-order valence-electron chi connectivity index (χ4n) is 1.33. The summed E-state index contributed by atoms with van der Waals surface area (Å²) in [6.45, 7) is 12.7. The van der Waals surface area contributed by atoms with Gasteiger partial charge in [-0.2, -0.15) is 0 Å². The first-order valence-electron chi connectivity index (χ1n) is 7.21. The third-order valence-electron chi connectivity index (χ3n) is 2.85. The van der Waals surface area contributed by atoms with Gasteiger partial charge in [-0.25, -0.2) is 0 Å². The SMILES string of the molecule is CCC.Cc1ccccc1C.Cc1ccccc1C.II. The summed E-state index contributed by atoms with van der Waals surface area (Å²) in [5.41, 5.74) is 5.47. The van der Waals surface area contributed by atoms with Crippen LogP contribution in [-0.4, -0.2) is 0 Å². The molecule has 2 aromatic rings. The van der Waals surface area contributed by atoms with Crippen molar-refractivity contribution in [2.45, 2.75) is 48.0 Å². The van der Waals surface area contributed by atoms with Crippen molar-refractivity contribution in [3.05, 3.63) is 70.8 Å². The Hall–Kier alpha value is -0.1000. The van der Waals surface area contributed by atoms with Crippen molar-refractivity contribution in [3.8, 4) is 0 Å². The number of rotatable bonds is 0. The topological polar surface area (TPSA) is 0 Å². The first kappa shape index (κ1) is 23.2. The van der Waals surface area contributed by atoms with Gasteiger partial charge >= 0.3 is 0 Å². The fraction of sp³-hybridized carbons (Fsp3) is 0.368. The van der Waals surface area contributed by atoms with Crippen LogP contribution in [0.4, 0.5) is 0 Å². The van der Waals surface area contributed by atoms with E-state index < -0.39 is 0 Å². The highest BCUT2D eigenvalue weighted by molar-refractivity contribution is 15.0. The Bertz CT molecular complexity index is 379. The molecule has 0 aliphatic carbocycles. The van der Waals surface area contributed by atoms with E-state index in [1.54, 1.807) is 0 Å². The van der Waals surface area contributed by atoms with Crippen LogP contribution in [0.25, 0.3) is 0 Å². The number of halogens is 2. The first-order chi connectivity index (χ1) is 10.0. The molecule has 0 N–H and O–H groups in total. The van der Waals surface area contributed by atoms with E-state index >= 15 is 0 Å². The van der Waals surface area contributed by atoms with E-state index in [0.717, 1.165) is 0 Å². The van der Waals surface area contributed by atoms with Crippen molar-refractivity contribution in [2.75, 3.05) is 0 Å². The standard InChI is InChI=1S/2C8H10.C3H8.I2/c2*1-7-5-3-4-6-8(7)2;1-3-2;1-2/h2*3-6H,1-2H3;3H2,1-2H3;. The van der Waals surface area contributed by atoms with E-state index in [0.29, 0.717) is 0 Å². The van der Waals surface area contributed by atoms with Crippen molar-refractivity contribution in [3.63, 3.8) is 0 Å². The zero-order valence-electron chi connectivity index (χ0n) is 14.1. The zero-order chi connectivity index (χ0) is 16.7. The molecule has 0 radical (unpaired) electrons. The number of hydrogen-bond donors (Lipinski definition) is 0. The minimum absolute atomic E-state index is 1.25. The van der Waals surface area contributed by atoms with E-state index in [9.17, 15) is 0 Å². The zero-order valence-corrected chi connectivity index (χ0v) is 18.4. The molecular weight excluding hydrogens is 482 g/mol. The summed E-state index contributed by atoms with van der Waals surface area (Å²) in [6.07, 6.45) is 1.25. The highest BCUT2D eigenvalue weighted by Crippen LogP contribution is 2.03. The molecule has 0 saturated heterocycles. The van der Waals surface area contributed by atoms with Gasteiger partial charge < -0.3 is 0 Å². The molecule has 0 fully saturated rings. The lowest BCUT2D eigenvalue weighted by molar-refractivity contribution is 1.09. The first-order valence-corrected chi connectivity index (χ1v) is 13.5. The monoisotopic (exact) mass is 510 g/mol. The summed E-state index contributed by atoms with van der Waals surface area (Å²) in [6, 6.07) is 16.7. The minimum Gasteiger partial charge on any atom is -0.0656 e. The van der Waals surface area contributed by atoms with Gasteiger partial charge in [0, 0.05) is 37.2 Å². The van der Waals surface area contributed by atoms with Gasteiger partial charge in [0.15, 0.2) is 0 Å². The van der Waals surface area contributed by atoms with E-state index in [1.807, 2.05) is 0 Å². The maximum absolute atomic E-state index is 2.12. The molecule has 2 aromatic carbocycles. The molecule has 0 nitrogen and oxygen atoms in total. The molecule has 0 heterocycles. The maximum Gasteiger partial charge on any atom is 0 e. The lowest BCUT2D eigenvalue weighted by atomic mass is 10.1. The summed E-state index contributed by atoms with van der Waals surface area (Å²) in [7, 11) is 0. The summed E-state index contributed by atoms with van der Waals surface area (Å²) < 4.78 is 0. The Morgan fingerprint density at radius 3 is 0.810 bits per heavy atom. The largest absolute Gasteiger partial charge is 0.0656 e. The van der Waals surface area contributed by atoms with Gasteiger partial charge in [0.25, 0.3) is 0 Å². The van der Waals surface area contributed by atoms with Gasteiger partial charge in [0.05, 0.1) is 0 Å². The molecule has 118 valence electrons. The predicted octanol–water partition coefficient (Wildman–Crippen LogP) is 7.79. The third kappa shape index (κ3) is 13.3. The van der Waals surface area contributed by atoms with Gasteiger partial charge in [-0.3, -0.25) is 0 Å². The number of aryl methyl sites for hydroxylation is 4. The highest BCUT2D eigenvalue weighted by atomic mass is 128. The Labute approximate surface area is 155 Å². The van der Waals surface area contributed by atoms with E-state index in [1.165, 1.54) is 28.7 Å². The Kier molecular flexibility index (Phi) is 18.0. The van der Waals surface area contributed by atoms with Crippen LogP contribution in [0.15, 0.2) is 48.5 Å². The van der Waals surface area contributed by atoms with Crippen LogP contribution < -0.4 is 0 Å². The van der Waals surface area contributed by atoms with Crippen molar-refractivity contribution in [2.24, 2.45) is 0 Å². The quantitative estimate of drug-likeness (QED) is 0.318. The highest BCUT2D eigenvalue weighted by Gasteiger charge is 1.84. The van der Waals surface area contributed by atoms with Gasteiger partial charge in [-0.15, -0.1) is 0 Å². The molecule has 0 aromatic heterocycles. The van der Waals surface area contributed by atoms with Crippen LogP contribution in [-0.2, 0) is 0 Å². The lowest BCUT2D eigenvalue weighted by Gasteiger charge is -1.93. The van der Waals surface area contributed by atoms with E-state index in [4.69, 9.17) is 0 Å². The number of hydrogen-bond acceptors (Lipinski definition) is 0. The predicted molar refractivity (Wildman–Crippen MR) is 116 cm³/mol. The van der Waals surface area contributed by atoms with Crippen molar-refractivity contribution in [1.82, 2.24) is 0 Å². The minimum atomic E-state index is 1.25. The molecular formula is C19H28I2. The fourth-order valence-corrected chi connectivity index (χ4v) is 1.33. The molecule has 0 aliphatic rings. The molecule has 21 heavy (non-hydrogen) atoms. The molecule has 0 bridgehead atoms. The van der Waals surface area contributed by atoms with Gasteiger partial charge in [0.1, 0.15) is 0 Å². The second-order valence-corrected chi connectivity index (χ2v) is 4.88. The maximum atomic E-state index is 2.12. The van der Waals surface area contributed by atoms with Gasteiger partial charge in [-0.1, -0.05) is 68.8 Å². The van der Waals surface area contributed by atoms with Crippen LogP contribution in [0.1, 0.15) is 42.5 Å². The van der Waals surface area contributed by atoms with Crippen molar-refractivity contribution in [1.29, 1.82) is 0 Å². The van der Waals surface area contributed by atoms with Crippen LogP contribution in [0.2, 0.25) is 0 Å². The van der Waals surface area contributed by atoms with Crippen molar-refractivity contribution < 1.29 is 0 Å². The van der Waals surface area contributed by atoms with Gasteiger partial charge in [0.2, 0.25) is 0 Å². The van der Waals surface area contributed by atoms with Crippen molar-refractivity contribution >= 4 is 37.2 Å². The van der Waals surface area contributed by atoms with Crippen LogP contribution >= 0.6 is 37.2 Å². The second kappa shape index (κ2) is 16.3. The molecule has 0 saturated carbocycles. The van der Waals surface area contributed by atoms with E-state index in [-0.39, 0.29) is 0 Å². The average Bonchev–Trinajstić information content (AvgIpc) is 2.49. The molecule has 0 spiro atoms. The number of benzene rings is 2. The molecule has 2 rings (SSSR count). The van der Waals surface area contributed by atoms with Gasteiger partial charge in [-0.05, 0) is 49.9 Å². The average molecular weight is 510 g/mol. The summed E-state index contributed by atoms with van der Waals surface area (Å²) >= 11 is 4.24. The molecule has 2 heteroatoms. The lowest BCUT2D eigenvalue weighted by Crippen LogP contribution is -1.74. The normalized spacial score (nSPS) is 8.19. The molecule has 0 unspecified atom stereocenters. The summed E-state index contributed by atoms with van der Waals surface area (Å²) in [5, 5.41) is 0. The van der Waals surface area contributed by atoms with E-state index in [2.05, 4.69) is 127 Å². The second-order valence-electron chi connectivity index (χ2n) is 4.88. The Morgan fingerprint density at radius 1 is 0.571 bits per heavy atom.